The molecule has 1 heterocycles. The lowest BCUT2D eigenvalue weighted by Gasteiger charge is -2.09. The molecule has 130 valence electrons. The summed E-state index contributed by atoms with van der Waals surface area (Å²) in [6, 6.07) is 8.10. The summed E-state index contributed by atoms with van der Waals surface area (Å²) in [5, 5.41) is 7.56. The van der Waals surface area contributed by atoms with Crippen LogP contribution in [0.25, 0.3) is 5.69 Å². The molecule has 0 saturated heterocycles. The minimum absolute atomic E-state index is 0.119. The van der Waals surface area contributed by atoms with Gasteiger partial charge in [0.05, 0.1) is 29.6 Å². The van der Waals surface area contributed by atoms with Crippen molar-refractivity contribution in [1.29, 1.82) is 0 Å². The lowest BCUT2D eigenvalue weighted by molar-refractivity contribution is 0.397. The van der Waals surface area contributed by atoms with Crippen LogP contribution >= 0.6 is 0 Å². The van der Waals surface area contributed by atoms with E-state index >= 15 is 0 Å². The summed E-state index contributed by atoms with van der Waals surface area (Å²) in [6.07, 6.45) is 1.52. The zero-order valence-electron chi connectivity index (χ0n) is 12.8. The molecule has 0 radical (unpaired) electrons. The Balaban J connectivity index is 1.86. The fourth-order valence-corrected chi connectivity index (χ4v) is 3.08. The zero-order chi connectivity index (χ0) is 18.0. The predicted molar refractivity (Wildman–Crippen MR) is 85.1 cm³/mol. The van der Waals surface area contributed by atoms with Gasteiger partial charge >= 0.3 is 0 Å². The number of nitrogens with zero attached hydrogens (tertiary/aromatic N) is 3. The van der Waals surface area contributed by atoms with Crippen molar-refractivity contribution in [1.82, 2.24) is 15.0 Å². The molecule has 0 atom stereocenters. The fourth-order valence-electron chi connectivity index (χ4n) is 2.03. The smallest absolute Gasteiger partial charge is 0.261 e. The SMILES string of the molecule is COc1cn(-c2ccc(S(=O)(=O)Nc3cc(F)ccc3F)cc2)nn1. The van der Waals surface area contributed by atoms with Crippen LogP contribution in [-0.2, 0) is 10.0 Å². The first-order valence-corrected chi connectivity index (χ1v) is 8.42. The largest absolute Gasteiger partial charge is 0.479 e. The van der Waals surface area contributed by atoms with Gasteiger partial charge in [-0.3, -0.25) is 4.72 Å². The second-order valence-corrected chi connectivity index (χ2v) is 6.61. The lowest BCUT2D eigenvalue weighted by atomic mass is 10.3. The van der Waals surface area contributed by atoms with Gasteiger partial charge in [0.15, 0.2) is 0 Å². The van der Waals surface area contributed by atoms with E-state index in [4.69, 9.17) is 4.74 Å². The standard InChI is InChI=1S/C15H12F2N4O3S/c1-24-15-9-21(20-18-15)11-3-5-12(6-4-11)25(22,23)19-14-8-10(16)2-7-13(14)17/h2-9,19H,1H3. The molecule has 0 saturated carbocycles. The average molecular weight is 366 g/mol. The maximum absolute atomic E-state index is 13.6. The molecule has 10 heteroatoms. The van der Waals surface area contributed by atoms with Crippen LogP contribution < -0.4 is 9.46 Å². The van der Waals surface area contributed by atoms with Gasteiger partial charge in [-0.05, 0) is 36.4 Å². The molecule has 0 amide bonds. The van der Waals surface area contributed by atoms with Crippen LogP contribution in [0.1, 0.15) is 0 Å². The van der Waals surface area contributed by atoms with Gasteiger partial charge in [0, 0.05) is 6.07 Å². The summed E-state index contributed by atoms with van der Waals surface area (Å²) in [5.41, 5.74) is 0.0803. The Morgan fingerprint density at radius 1 is 1.12 bits per heavy atom. The average Bonchev–Trinajstić information content (AvgIpc) is 3.07. The Hall–Kier alpha value is -3.01. The third kappa shape index (κ3) is 3.58. The van der Waals surface area contributed by atoms with E-state index in [1.165, 1.54) is 42.3 Å². The number of nitrogens with one attached hydrogen (secondary N) is 1. The van der Waals surface area contributed by atoms with Crippen LogP contribution in [0.4, 0.5) is 14.5 Å². The van der Waals surface area contributed by atoms with Gasteiger partial charge in [0.2, 0.25) is 0 Å². The van der Waals surface area contributed by atoms with E-state index < -0.39 is 27.3 Å². The lowest BCUT2D eigenvalue weighted by Crippen LogP contribution is -2.14. The van der Waals surface area contributed by atoms with E-state index in [1.807, 2.05) is 4.72 Å². The summed E-state index contributed by atoms with van der Waals surface area (Å²) in [7, 11) is -2.63. The Labute approximate surface area is 141 Å². The number of halogens is 2. The molecular formula is C15H12F2N4O3S. The summed E-state index contributed by atoms with van der Waals surface area (Å²) >= 11 is 0. The monoisotopic (exact) mass is 366 g/mol. The van der Waals surface area contributed by atoms with Crippen LogP contribution in [0.5, 0.6) is 5.88 Å². The maximum Gasteiger partial charge on any atom is 0.261 e. The molecule has 0 fully saturated rings. The first kappa shape index (κ1) is 16.8. The molecule has 7 nitrogen and oxygen atoms in total. The number of sulfonamides is 1. The third-order valence-electron chi connectivity index (χ3n) is 3.27. The Kier molecular flexibility index (Phi) is 4.36. The van der Waals surface area contributed by atoms with Crippen LogP contribution in [-0.4, -0.2) is 30.5 Å². The number of methoxy groups -OCH3 is 1. The minimum atomic E-state index is -4.08. The molecule has 0 aliphatic heterocycles. The van der Waals surface area contributed by atoms with Crippen molar-refractivity contribution in [3.63, 3.8) is 0 Å². The molecule has 0 spiro atoms. The van der Waals surface area contributed by atoms with E-state index in [-0.39, 0.29) is 4.90 Å². The van der Waals surface area contributed by atoms with Gasteiger partial charge in [0.25, 0.3) is 15.9 Å². The summed E-state index contributed by atoms with van der Waals surface area (Å²) in [4.78, 5) is -0.119. The Bertz CT molecular complexity index is 1000. The molecule has 25 heavy (non-hydrogen) atoms. The highest BCUT2D eigenvalue weighted by Gasteiger charge is 2.17. The molecule has 1 N–H and O–H groups in total. The second-order valence-electron chi connectivity index (χ2n) is 4.93. The first-order valence-electron chi connectivity index (χ1n) is 6.94. The van der Waals surface area contributed by atoms with Crippen LogP contribution in [0.15, 0.2) is 53.6 Å². The zero-order valence-corrected chi connectivity index (χ0v) is 13.7. The molecule has 0 bridgehead atoms. The molecule has 3 rings (SSSR count). The van der Waals surface area contributed by atoms with Crippen molar-refractivity contribution in [2.45, 2.75) is 4.90 Å². The van der Waals surface area contributed by atoms with Crippen LogP contribution in [0.2, 0.25) is 0 Å². The van der Waals surface area contributed by atoms with Gasteiger partial charge in [-0.2, -0.15) is 0 Å². The number of benzene rings is 2. The summed E-state index contributed by atoms with van der Waals surface area (Å²) < 4.78 is 59.7. The van der Waals surface area contributed by atoms with Crippen LogP contribution in [0, 0.1) is 11.6 Å². The van der Waals surface area contributed by atoms with E-state index in [0.717, 1.165) is 18.2 Å². The Morgan fingerprint density at radius 3 is 2.48 bits per heavy atom. The number of rotatable bonds is 5. The number of hydrogen-bond acceptors (Lipinski definition) is 5. The molecule has 2 aromatic carbocycles. The van der Waals surface area contributed by atoms with Crippen molar-refractivity contribution < 1.29 is 21.9 Å². The van der Waals surface area contributed by atoms with Gasteiger partial charge in [-0.15, -0.1) is 0 Å². The topological polar surface area (TPSA) is 86.1 Å². The van der Waals surface area contributed by atoms with Gasteiger partial charge in [-0.25, -0.2) is 21.9 Å². The number of ether oxygens (including phenoxy) is 1. The van der Waals surface area contributed by atoms with Gasteiger partial charge in [0.1, 0.15) is 11.6 Å². The van der Waals surface area contributed by atoms with Crippen molar-refractivity contribution in [2.24, 2.45) is 0 Å². The normalized spacial score (nSPS) is 11.3. The van der Waals surface area contributed by atoms with E-state index in [2.05, 4.69) is 10.3 Å². The van der Waals surface area contributed by atoms with Crippen molar-refractivity contribution in [3.8, 4) is 11.6 Å². The maximum atomic E-state index is 13.6. The quantitative estimate of drug-likeness (QED) is 0.749. The highest BCUT2D eigenvalue weighted by atomic mass is 32.2. The predicted octanol–water partition coefficient (Wildman–Crippen LogP) is 2.35. The van der Waals surface area contributed by atoms with Crippen LogP contribution in [0.3, 0.4) is 0 Å². The number of aromatic nitrogens is 3. The highest BCUT2D eigenvalue weighted by Crippen LogP contribution is 2.21. The minimum Gasteiger partial charge on any atom is -0.479 e. The van der Waals surface area contributed by atoms with E-state index in [1.54, 1.807) is 0 Å². The summed E-state index contributed by atoms with van der Waals surface area (Å²) in [5.74, 6) is -1.33. The van der Waals surface area contributed by atoms with E-state index in [0.29, 0.717) is 11.6 Å². The van der Waals surface area contributed by atoms with Crippen molar-refractivity contribution in [2.75, 3.05) is 11.8 Å². The fraction of sp³-hybridized carbons (Fsp3) is 0.0667. The molecule has 0 aliphatic carbocycles. The first-order chi connectivity index (χ1) is 11.9. The number of anilines is 1. The summed E-state index contributed by atoms with van der Waals surface area (Å²) in [6.45, 7) is 0. The second kappa shape index (κ2) is 6.48. The Morgan fingerprint density at radius 2 is 1.84 bits per heavy atom. The molecule has 1 aromatic heterocycles. The van der Waals surface area contributed by atoms with E-state index in [9.17, 15) is 17.2 Å². The highest BCUT2D eigenvalue weighted by molar-refractivity contribution is 7.92. The van der Waals surface area contributed by atoms with Crippen molar-refractivity contribution >= 4 is 15.7 Å². The molecular weight excluding hydrogens is 354 g/mol. The molecule has 0 aliphatic rings. The van der Waals surface area contributed by atoms with Crippen molar-refractivity contribution in [3.05, 3.63) is 60.3 Å². The molecule has 3 aromatic rings. The molecule has 0 unspecified atom stereocenters. The van der Waals surface area contributed by atoms with Gasteiger partial charge in [-0.1, -0.05) is 10.3 Å². The number of hydrogen-bond donors (Lipinski definition) is 1. The van der Waals surface area contributed by atoms with Gasteiger partial charge < -0.3 is 4.74 Å². The third-order valence-corrected chi connectivity index (χ3v) is 4.65.